The zero-order valence-corrected chi connectivity index (χ0v) is 14.9. The summed E-state index contributed by atoms with van der Waals surface area (Å²) in [5.74, 6) is -2.32. The number of carbonyl (C=O) groups excluding carboxylic acids is 3. The van der Waals surface area contributed by atoms with Gasteiger partial charge in [0.05, 0.1) is 0 Å². The van der Waals surface area contributed by atoms with Crippen LogP contribution in [0.2, 0.25) is 0 Å². The Morgan fingerprint density at radius 2 is 1.67 bits per heavy atom. The lowest BCUT2D eigenvalue weighted by Crippen LogP contribution is -2.33. The molecule has 0 aliphatic carbocycles. The fourth-order valence-electron chi connectivity index (χ4n) is 2.11. The van der Waals surface area contributed by atoms with Crippen LogP contribution in [0.4, 0.5) is 10.1 Å². The van der Waals surface area contributed by atoms with E-state index in [9.17, 15) is 18.8 Å². The minimum atomic E-state index is -1.13. The number of carbonyl (C=O) groups is 3. The van der Waals surface area contributed by atoms with Gasteiger partial charge in [0.2, 0.25) is 5.91 Å². The van der Waals surface area contributed by atoms with Crippen LogP contribution in [-0.2, 0) is 19.1 Å². The number of nitrogens with one attached hydrogen (secondary N) is 2. The molecule has 2 amide bonds. The lowest BCUT2D eigenvalue weighted by molar-refractivity contribution is -0.149. The normalized spacial score (nSPS) is 12.0. The lowest BCUT2D eigenvalue weighted by atomic mass is 10.2. The number of halogens is 1. The minimum Gasteiger partial charge on any atom is -0.448 e. The topological polar surface area (TPSA) is 84.5 Å². The van der Waals surface area contributed by atoms with Crippen LogP contribution in [0.5, 0.6) is 0 Å². The molecule has 0 spiro atoms. The Kier molecular flexibility index (Phi) is 6.82. The summed E-state index contributed by atoms with van der Waals surface area (Å²) in [6.07, 6.45) is 0.324. The van der Waals surface area contributed by atoms with Crippen LogP contribution >= 0.6 is 0 Å². The van der Waals surface area contributed by atoms with Gasteiger partial charge in [0.1, 0.15) is 11.5 Å². The Bertz CT molecular complexity index is 848. The maximum Gasteiger partial charge on any atom is 0.355 e. The molecule has 0 fully saturated rings. The highest BCUT2D eigenvalue weighted by Gasteiger charge is 2.21. The highest BCUT2D eigenvalue weighted by Crippen LogP contribution is 2.11. The first-order valence-electron chi connectivity index (χ1n) is 8.17. The number of amides is 2. The third-order valence-corrected chi connectivity index (χ3v) is 3.41. The molecule has 140 valence electrons. The molecule has 27 heavy (non-hydrogen) atoms. The summed E-state index contributed by atoms with van der Waals surface area (Å²) in [5.41, 5.74) is 0.961. The summed E-state index contributed by atoms with van der Waals surface area (Å²) in [4.78, 5) is 35.9. The van der Waals surface area contributed by atoms with Crippen LogP contribution in [0.1, 0.15) is 19.4 Å². The van der Waals surface area contributed by atoms with Crippen LogP contribution in [0.25, 0.3) is 6.08 Å². The van der Waals surface area contributed by atoms with Gasteiger partial charge in [-0.25, -0.2) is 9.18 Å². The average Bonchev–Trinajstić information content (AvgIpc) is 2.63. The largest absolute Gasteiger partial charge is 0.448 e. The second-order valence-corrected chi connectivity index (χ2v) is 5.69. The third-order valence-electron chi connectivity index (χ3n) is 3.41. The molecule has 2 N–H and O–H groups in total. The van der Waals surface area contributed by atoms with E-state index in [0.29, 0.717) is 11.3 Å². The Hall–Kier alpha value is -3.48. The lowest BCUT2D eigenvalue weighted by Gasteiger charge is -2.15. The molecule has 0 aromatic heterocycles. The Balaban J connectivity index is 2.06. The summed E-state index contributed by atoms with van der Waals surface area (Å²) < 4.78 is 18.0. The predicted molar refractivity (Wildman–Crippen MR) is 98.8 cm³/mol. The fraction of sp³-hybridized carbons (Fsp3) is 0.150. The number of ether oxygens (including phenoxy) is 1. The van der Waals surface area contributed by atoms with E-state index < -0.39 is 29.7 Å². The zero-order valence-electron chi connectivity index (χ0n) is 14.9. The van der Waals surface area contributed by atoms with E-state index in [0.717, 1.165) is 0 Å². The van der Waals surface area contributed by atoms with Crippen molar-refractivity contribution in [2.75, 3.05) is 5.32 Å². The number of esters is 1. The van der Waals surface area contributed by atoms with Crippen molar-refractivity contribution in [1.82, 2.24) is 5.32 Å². The van der Waals surface area contributed by atoms with Crippen molar-refractivity contribution in [1.29, 1.82) is 0 Å². The van der Waals surface area contributed by atoms with Crippen molar-refractivity contribution in [3.8, 4) is 0 Å². The maximum atomic E-state index is 12.9. The van der Waals surface area contributed by atoms with E-state index in [1.165, 1.54) is 44.2 Å². The van der Waals surface area contributed by atoms with Crippen LogP contribution in [-0.4, -0.2) is 23.9 Å². The van der Waals surface area contributed by atoms with Gasteiger partial charge < -0.3 is 15.4 Å². The molecule has 0 bridgehead atoms. The molecule has 0 saturated heterocycles. The van der Waals surface area contributed by atoms with Gasteiger partial charge in [0.25, 0.3) is 5.91 Å². The van der Waals surface area contributed by atoms with Crippen molar-refractivity contribution in [2.24, 2.45) is 0 Å². The van der Waals surface area contributed by atoms with Gasteiger partial charge in [0, 0.05) is 12.6 Å². The second kappa shape index (κ2) is 9.28. The van der Waals surface area contributed by atoms with Gasteiger partial charge in [-0.3, -0.25) is 9.59 Å². The number of hydrogen-bond donors (Lipinski definition) is 2. The third kappa shape index (κ3) is 6.39. The molecule has 0 aliphatic heterocycles. The van der Waals surface area contributed by atoms with E-state index in [1.54, 1.807) is 24.3 Å². The summed E-state index contributed by atoms with van der Waals surface area (Å²) in [5, 5.41) is 4.92. The number of hydrogen-bond acceptors (Lipinski definition) is 4. The smallest absolute Gasteiger partial charge is 0.355 e. The van der Waals surface area contributed by atoms with Crippen molar-refractivity contribution in [3.05, 3.63) is 71.7 Å². The Morgan fingerprint density at radius 3 is 2.26 bits per heavy atom. The van der Waals surface area contributed by atoms with Crippen molar-refractivity contribution < 1.29 is 23.5 Å². The number of rotatable bonds is 6. The SMILES string of the molecule is CC(=O)N/C(=C\c1ccccc1)C(=O)O[C@H](C)C(=O)Nc1ccc(F)cc1. The van der Waals surface area contributed by atoms with Crippen molar-refractivity contribution >= 4 is 29.5 Å². The Morgan fingerprint density at radius 1 is 1.04 bits per heavy atom. The molecular formula is C20H19FN2O4. The fourth-order valence-corrected chi connectivity index (χ4v) is 2.11. The van der Waals surface area contributed by atoms with Crippen molar-refractivity contribution in [2.45, 2.75) is 20.0 Å². The first kappa shape index (κ1) is 19.8. The Labute approximate surface area is 156 Å². The molecular weight excluding hydrogens is 351 g/mol. The molecule has 0 radical (unpaired) electrons. The molecule has 0 unspecified atom stereocenters. The van der Waals surface area contributed by atoms with E-state index in [2.05, 4.69) is 10.6 Å². The van der Waals surface area contributed by atoms with Crippen LogP contribution in [0.3, 0.4) is 0 Å². The number of benzene rings is 2. The first-order valence-corrected chi connectivity index (χ1v) is 8.17. The van der Waals surface area contributed by atoms with E-state index in [1.807, 2.05) is 6.07 Å². The summed E-state index contributed by atoms with van der Waals surface area (Å²) in [7, 11) is 0. The van der Waals surface area contributed by atoms with Gasteiger partial charge >= 0.3 is 5.97 Å². The van der Waals surface area contributed by atoms with Gasteiger partial charge in [0.15, 0.2) is 6.10 Å². The maximum absolute atomic E-state index is 12.9. The van der Waals surface area contributed by atoms with Gasteiger partial charge in [-0.05, 0) is 42.8 Å². The molecule has 0 aliphatic rings. The van der Waals surface area contributed by atoms with E-state index in [-0.39, 0.29) is 5.70 Å². The van der Waals surface area contributed by atoms with Crippen LogP contribution in [0.15, 0.2) is 60.3 Å². The molecule has 7 heteroatoms. The van der Waals surface area contributed by atoms with Crippen LogP contribution < -0.4 is 10.6 Å². The molecule has 2 aromatic carbocycles. The van der Waals surface area contributed by atoms with Crippen molar-refractivity contribution in [3.63, 3.8) is 0 Å². The highest BCUT2D eigenvalue weighted by molar-refractivity contribution is 6.00. The molecule has 0 heterocycles. The van der Waals surface area contributed by atoms with Crippen LogP contribution in [0, 0.1) is 5.82 Å². The van der Waals surface area contributed by atoms with Gasteiger partial charge in [-0.2, -0.15) is 0 Å². The monoisotopic (exact) mass is 370 g/mol. The molecule has 1 atom stereocenters. The standard InChI is InChI=1S/C20H19FN2O4/c1-13(19(25)23-17-10-8-16(21)9-11-17)27-20(26)18(22-14(2)24)12-15-6-4-3-5-7-15/h3-13H,1-2H3,(H,22,24)(H,23,25)/b18-12-/t13-/m1/s1. The van der Waals surface area contributed by atoms with E-state index >= 15 is 0 Å². The molecule has 0 saturated carbocycles. The second-order valence-electron chi connectivity index (χ2n) is 5.69. The first-order chi connectivity index (χ1) is 12.8. The summed E-state index contributed by atoms with van der Waals surface area (Å²) in [6, 6.07) is 14.0. The zero-order chi connectivity index (χ0) is 19.8. The summed E-state index contributed by atoms with van der Waals surface area (Å²) in [6.45, 7) is 2.65. The highest BCUT2D eigenvalue weighted by atomic mass is 19.1. The average molecular weight is 370 g/mol. The molecule has 6 nitrogen and oxygen atoms in total. The van der Waals surface area contributed by atoms with Gasteiger partial charge in [-0.15, -0.1) is 0 Å². The number of anilines is 1. The van der Waals surface area contributed by atoms with Gasteiger partial charge in [-0.1, -0.05) is 30.3 Å². The molecule has 2 rings (SSSR count). The molecule has 2 aromatic rings. The summed E-state index contributed by atoms with van der Waals surface area (Å²) >= 11 is 0. The van der Waals surface area contributed by atoms with E-state index in [4.69, 9.17) is 4.74 Å². The minimum absolute atomic E-state index is 0.0878. The quantitative estimate of drug-likeness (QED) is 0.605. The predicted octanol–water partition coefficient (Wildman–Crippen LogP) is 2.87.